The van der Waals surface area contributed by atoms with Gasteiger partial charge in [-0.3, -0.25) is 29.3 Å². The first-order valence-corrected chi connectivity index (χ1v) is 10.3. The van der Waals surface area contributed by atoms with Crippen molar-refractivity contribution in [2.45, 2.75) is 34.0 Å². The number of carbonyl (C=O) groups excluding carboxylic acids is 4. The first-order valence-electron chi connectivity index (χ1n) is 10.3. The van der Waals surface area contributed by atoms with Gasteiger partial charge in [0.1, 0.15) is 30.1 Å². The Morgan fingerprint density at radius 2 is 1.53 bits per heavy atom. The number of nitro benzene ring substituents is 1. The Bertz CT molecular complexity index is 1450. The molecule has 1 heterocycles. The van der Waals surface area contributed by atoms with Crippen LogP contribution in [-0.4, -0.2) is 28.6 Å². The van der Waals surface area contributed by atoms with Crippen LogP contribution in [0.5, 0.6) is 5.75 Å². The van der Waals surface area contributed by atoms with E-state index in [1.807, 2.05) is 0 Å². The molecular weight excluding hydrogens is 478 g/mol. The van der Waals surface area contributed by atoms with Crippen molar-refractivity contribution in [3.8, 4) is 5.75 Å². The molecule has 3 rings (SSSR count). The van der Waals surface area contributed by atoms with E-state index in [0.29, 0.717) is 0 Å². The van der Waals surface area contributed by atoms with Crippen molar-refractivity contribution in [2.24, 2.45) is 0 Å². The minimum absolute atomic E-state index is 0.00376. The third-order valence-electron chi connectivity index (χ3n) is 4.83. The van der Waals surface area contributed by atoms with Gasteiger partial charge in [-0.25, -0.2) is 4.79 Å². The van der Waals surface area contributed by atoms with Crippen LogP contribution in [0.2, 0.25) is 0 Å². The quantitative estimate of drug-likeness (QED) is 0.112. The van der Waals surface area contributed by atoms with E-state index >= 15 is 0 Å². The van der Waals surface area contributed by atoms with Crippen LogP contribution < -0.4 is 10.4 Å². The summed E-state index contributed by atoms with van der Waals surface area (Å²) in [5, 5.41) is 11.0. The Kier molecular flexibility index (Phi) is 7.58. The van der Waals surface area contributed by atoms with E-state index in [9.17, 15) is 34.1 Å². The molecule has 3 aromatic rings. The molecule has 0 saturated carbocycles. The second-order valence-electron chi connectivity index (χ2n) is 7.50. The summed E-state index contributed by atoms with van der Waals surface area (Å²) >= 11 is 0. The number of fused-ring (bicyclic) bond motifs is 1. The predicted octanol–water partition coefficient (Wildman–Crippen LogP) is 2.98. The summed E-state index contributed by atoms with van der Waals surface area (Å²) in [7, 11) is 0. The minimum Gasteiger partial charge on any atom is -0.461 e. The lowest BCUT2D eigenvalue weighted by molar-refractivity contribution is -0.384. The van der Waals surface area contributed by atoms with Crippen LogP contribution in [0.4, 0.5) is 5.69 Å². The fourth-order valence-corrected chi connectivity index (χ4v) is 3.29. The molecule has 36 heavy (non-hydrogen) atoms. The van der Waals surface area contributed by atoms with Gasteiger partial charge in [-0.15, -0.1) is 0 Å². The molecule has 0 fully saturated rings. The zero-order valence-electron chi connectivity index (χ0n) is 19.3. The fourth-order valence-electron chi connectivity index (χ4n) is 3.29. The Morgan fingerprint density at radius 3 is 2.08 bits per heavy atom. The summed E-state index contributed by atoms with van der Waals surface area (Å²) in [5.74, 6) is -2.92. The van der Waals surface area contributed by atoms with Crippen LogP contribution in [0.3, 0.4) is 0 Å². The molecule has 0 amide bonds. The first kappa shape index (κ1) is 25.7. The summed E-state index contributed by atoms with van der Waals surface area (Å²) in [6, 6.07) is 7.25. The van der Waals surface area contributed by atoms with E-state index in [-0.39, 0.29) is 51.3 Å². The van der Waals surface area contributed by atoms with Crippen molar-refractivity contribution >= 4 is 40.3 Å². The second-order valence-corrected chi connectivity index (χ2v) is 7.50. The molecule has 12 nitrogen and oxygen atoms in total. The molecule has 0 aliphatic rings. The van der Waals surface area contributed by atoms with Gasteiger partial charge in [0.2, 0.25) is 0 Å². The SMILES string of the molecule is CC(=O)OCc1cc2cc(C(=O)c3ccc([N+](=O)[O-])cc3)c(=O)oc2c(COC(C)=O)c1OC(C)=O. The lowest BCUT2D eigenvalue weighted by Crippen LogP contribution is -2.16. The van der Waals surface area contributed by atoms with Gasteiger partial charge in [-0.2, -0.15) is 0 Å². The number of ketones is 1. The average molecular weight is 497 g/mol. The van der Waals surface area contributed by atoms with Crippen LogP contribution in [0.15, 0.2) is 45.6 Å². The molecule has 0 N–H and O–H groups in total. The van der Waals surface area contributed by atoms with Gasteiger partial charge in [-0.05, 0) is 24.3 Å². The predicted molar refractivity (Wildman–Crippen MR) is 121 cm³/mol. The summed E-state index contributed by atoms with van der Waals surface area (Å²) in [6.45, 7) is 2.64. The van der Waals surface area contributed by atoms with Crippen LogP contribution in [-0.2, 0) is 37.1 Å². The van der Waals surface area contributed by atoms with E-state index in [0.717, 1.165) is 26.0 Å². The maximum atomic E-state index is 13.0. The van der Waals surface area contributed by atoms with Crippen molar-refractivity contribution in [1.29, 1.82) is 0 Å². The highest BCUT2D eigenvalue weighted by molar-refractivity contribution is 6.10. The molecule has 0 aliphatic heterocycles. The molecule has 2 aromatic carbocycles. The highest BCUT2D eigenvalue weighted by Gasteiger charge is 2.24. The number of rotatable bonds is 8. The smallest absolute Gasteiger partial charge is 0.347 e. The van der Waals surface area contributed by atoms with Gasteiger partial charge in [0.05, 0.1) is 10.5 Å². The Morgan fingerprint density at radius 1 is 0.917 bits per heavy atom. The van der Waals surface area contributed by atoms with E-state index in [1.165, 1.54) is 31.2 Å². The van der Waals surface area contributed by atoms with E-state index in [2.05, 4.69) is 0 Å². The van der Waals surface area contributed by atoms with Crippen LogP contribution >= 0.6 is 0 Å². The second kappa shape index (κ2) is 10.6. The molecule has 0 unspecified atom stereocenters. The monoisotopic (exact) mass is 497 g/mol. The molecule has 12 heteroatoms. The summed E-state index contributed by atoms with van der Waals surface area (Å²) in [4.78, 5) is 70.5. The minimum atomic E-state index is -1.04. The third kappa shape index (κ3) is 5.78. The zero-order chi connectivity index (χ0) is 26.6. The zero-order valence-corrected chi connectivity index (χ0v) is 19.3. The molecule has 186 valence electrons. The summed E-state index contributed by atoms with van der Waals surface area (Å²) in [5.41, 5.74) is -1.59. The molecule has 0 spiro atoms. The Hall–Kier alpha value is -4.87. The van der Waals surface area contributed by atoms with Gasteiger partial charge in [0.25, 0.3) is 5.69 Å². The first-order chi connectivity index (χ1) is 17.0. The summed E-state index contributed by atoms with van der Waals surface area (Å²) < 4.78 is 20.7. The van der Waals surface area contributed by atoms with E-state index < -0.39 is 40.8 Å². The lowest BCUT2D eigenvalue weighted by Gasteiger charge is -2.16. The molecule has 1 aromatic heterocycles. The number of esters is 3. The number of nitro groups is 1. The number of benzene rings is 2. The lowest BCUT2D eigenvalue weighted by atomic mass is 10.00. The van der Waals surface area contributed by atoms with Gasteiger partial charge in [0, 0.05) is 49.4 Å². The van der Waals surface area contributed by atoms with Crippen molar-refractivity contribution in [1.82, 2.24) is 0 Å². The molecule has 0 saturated heterocycles. The van der Waals surface area contributed by atoms with Crippen LogP contribution in [0, 0.1) is 10.1 Å². The standard InChI is InChI=1S/C24H19NO11/c1-12(26)33-10-17-8-16-9-19(21(29)15-4-6-18(7-5-15)25(31)32)24(30)36-22(16)20(11-34-13(2)27)23(17)35-14(3)28/h4-9H,10-11H2,1-3H3. The van der Waals surface area contributed by atoms with Crippen LogP contribution in [0.25, 0.3) is 11.0 Å². The van der Waals surface area contributed by atoms with E-state index in [1.54, 1.807) is 0 Å². The topological polar surface area (TPSA) is 169 Å². The molecule has 0 bridgehead atoms. The maximum Gasteiger partial charge on any atom is 0.347 e. The van der Waals surface area contributed by atoms with Crippen molar-refractivity contribution in [3.05, 3.63) is 79.2 Å². The number of nitrogens with zero attached hydrogens (tertiary/aromatic N) is 1. The normalized spacial score (nSPS) is 10.5. The maximum absolute atomic E-state index is 13.0. The van der Waals surface area contributed by atoms with Crippen molar-refractivity contribution in [3.63, 3.8) is 0 Å². The molecule has 0 aliphatic carbocycles. The number of carbonyl (C=O) groups is 4. The van der Waals surface area contributed by atoms with Gasteiger partial charge in [0.15, 0.2) is 5.78 Å². The number of non-ortho nitro benzene ring substituents is 1. The molecule has 0 radical (unpaired) electrons. The third-order valence-corrected chi connectivity index (χ3v) is 4.83. The number of hydrogen-bond acceptors (Lipinski definition) is 11. The largest absolute Gasteiger partial charge is 0.461 e. The van der Waals surface area contributed by atoms with Crippen molar-refractivity contribution in [2.75, 3.05) is 0 Å². The van der Waals surface area contributed by atoms with Crippen LogP contribution in [0.1, 0.15) is 47.8 Å². The number of hydrogen-bond donors (Lipinski definition) is 0. The van der Waals surface area contributed by atoms with Gasteiger partial charge in [-0.1, -0.05) is 0 Å². The van der Waals surface area contributed by atoms with Gasteiger partial charge < -0.3 is 18.6 Å². The fraction of sp³-hybridized carbons (Fsp3) is 0.208. The van der Waals surface area contributed by atoms with Crippen molar-refractivity contribution < 1.29 is 42.7 Å². The molecule has 0 atom stereocenters. The number of ether oxygens (including phenoxy) is 3. The van der Waals surface area contributed by atoms with E-state index in [4.69, 9.17) is 18.6 Å². The Labute approximate surface area is 202 Å². The highest BCUT2D eigenvalue weighted by Crippen LogP contribution is 2.34. The highest BCUT2D eigenvalue weighted by atomic mass is 16.6. The average Bonchev–Trinajstić information content (AvgIpc) is 2.81. The molecular formula is C24H19NO11. The Balaban J connectivity index is 2.22. The van der Waals surface area contributed by atoms with Gasteiger partial charge >= 0.3 is 23.5 Å². The summed E-state index contributed by atoms with van der Waals surface area (Å²) in [6.07, 6.45) is 0.